The van der Waals surface area contributed by atoms with E-state index in [1.807, 2.05) is 37.3 Å². The molecule has 0 bridgehead atoms. The van der Waals surface area contributed by atoms with Crippen molar-refractivity contribution in [3.63, 3.8) is 0 Å². The van der Waals surface area contributed by atoms with E-state index in [9.17, 15) is 13.2 Å². The van der Waals surface area contributed by atoms with Crippen LogP contribution in [-0.2, 0) is 14.8 Å². The van der Waals surface area contributed by atoms with E-state index in [0.717, 1.165) is 16.1 Å². The van der Waals surface area contributed by atoms with Crippen molar-refractivity contribution in [2.45, 2.75) is 13.0 Å². The molecule has 0 radical (unpaired) electrons. The lowest BCUT2D eigenvalue weighted by Crippen LogP contribution is -2.41. The van der Waals surface area contributed by atoms with E-state index < -0.39 is 22.5 Å². The summed E-state index contributed by atoms with van der Waals surface area (Å²) in [4.78, 5) is 12.4. The van der Waals surface area contributed by atoms with E-state index in [2.05, 4.69) is 5.32 Å². The first-order chi connectivity index (χ1) is 12.1. The van der Waals surface area contributed by atoms with Gasteiger partial charge in [-0.2, -0.15) is 0 Å². The molecule has 0 saturated heterocycles. The molecule has 5 nitrogen and oxygen atoms in total. The summed E-state index contributed by atoms with van der Waals surface area (Å²) in [6, 6.07) is 11.7. The molecule has 26 heavy (non-hydrogen) atoms. The average molecular weight is 436 g/mol. The molecule has 0 aliphatic rings. The van der Waals surface area contributed by atoms with Crippen molar-refractivity contribution < 1.29 is 13.2 Å². The highest BCUT2D eigenvalue weighted by Gasteiger charge is 2.24. The van der Waals surface area contributed by atoms with E-state index in [4.69, 9.17) is 34.8 Å². The minimum atomic E-state index is -3.78. The Labute approximate surface area is 167 Å². The Morgan fingerprint density at radius 3 is 2.23 bits per heavy atom. The Balaban J connectivity index is 2.24. The maximum Gasteiger partial charge on any atom is 0.241 e. The fourth-order valence-electron chi connectivity index (χ4n) is 2.33. The molecule has 0 aromatic heterocycles. The maximum absolute atomic E-state index is 12.4. The number of carbonyl (C=O) groups is 1. The van der Waals surface area contributed by atoms with Crippen molar-refractivity contribution in [2.24, 2.45) is 0 Å². The van der Waals surface area contributed by atoms with Crippen molar-refractivity contribution in [2.75, 3.05) is 17.1 Å². The second-order valence-electron chi connectivity index (χ2n) is 5.69. The van der Waals surface area contributed by atoms with Crippen LogP contribution in [0.2, 0.25) is 15.1 Å². The fraction of sp³-hybridized carbons (Fsp3) is 0.235. The van der Waals surface area contributed by atoms with Crippen LogP contribution in [0.15, 0.2) is 42.5 Å². The topological polar surface area (TPSA) is 66.5 Å². The van der Waals surface area contributed by atoms with E-state index in [1.165, 1.54) is 12.1 Å². The summed E-state index contributed by atoms with van der Waals surface area (Å²) < 4.78 is 25.3. The van der Waals surface area contributed by atoms with E-state index in [0.29, 0.717) is 0 Å². The van der Waals surface area contributed by atoms with E-state index >= 15 is 0 Å². The van der Waals surface area contributed by atoms with Gasteiger partial charge in [0.05, 0.1) is 33.1 Å². The monoisotopic (exact) mass is 434 g/mol. The summed E-state index contributed by atoms with van der Waals surface area (Å²) in [5.41, 5.74) is 0.991. The zero-order valence-corrected chi connectivity index (χ0v) is 17.1. The number of carbonyl (C=O) groups excluding carboxylic acids is 1. The molecule has 1 amide bonds. The first-order valence-electron chi connectivity index (χ1n) is 7.56. The van der Waals surface area contributed by atoms with Crippen LogP contribution in [0.3, 0.4) is 0 Å². The molecule has 1 N–H and O–H groups in total. The number of benzene rings is 2. The molecule has 1 atom stereocenters. The van der Waals surface area contributed by atoms with Gasteiger partial charge in [-0.25, -0.2) is 8.42 Å². The predicted octanol–water partition coefficient (Wildman–Crippen LogP) is 4.29. The van der Waals surface area contributed by atoms with Crippen LogP contribution in [0.4, 0.5) is 5.69 Å². The summed E-state index contributed by atoms with van der Waals surface area (Å²) in [6.45, 7) is 1.37. The Morgan fingerprint density at radius 1 is 1.08 bits per heavy atom. The number of amides is 1. The third-order valence-corrected chi connectivity index (χ3v) is 5.77. The van der Waals surface area contributed by atoms with Gasteiger partial charge in [0, 0.05) is 0 Å². The maximum atomic E-state index is 12.4. The van der Waals surface area contributed by atoms with Gasteiger partial charge in [-0.15, -0.1) is 0 Å². The van der Waals surface area contributed by atoms with Crippen molar-refractivity contribution in [3.05, 3.63) is 63.1 Å². The van der Waals surface area contributed by atoms with Gasteiger partial charge in [0.1, 0.15) is 6.54 Å². The van der Waals surface area contributed by atoms with E-state index in [1.54, 1.807) is 0 Å². The standard InChI is InChI=1S/C17H17Cl3N2O3S/c1-11(12-6-4-3-5-7-12)21-17(23)10-22(26(2,24)25)16-9-14(19)13(18)8-15(16)20/h3-9,11H,10H2,1-2H3,(H,21,23)/t11-/m0/s1. The lowest BCUT2D eigenvalue weighted by atomic mass is 10.1. The van der Waals surface area contributed by atoms with Gasteiger partial charge in [-0.05, 0) is 24.6 Å². The molecule has 140 valence electrons. The van der Waals surface area contributed by atoms with Gasteiger partial charge in [0.2, 0.25) is 15.9 Å². The molecule has 0 aliphatic carbocycles. The van der Waals surface area contributed by atoms with Crippen LogP contribution in [0.25, 0.3) is 0 Å². The molecule has 0 fully saturated rings. The minimum absolute atomic E-state index is 0.0775. The summed E-state index contributed by atoms with van der Waals surface area (Å²) in [5.74, 6) is -0.478. The van der Waals surface area contributed by atoms with Crippen molar-refractivity contribution in [3.8, 4) is 0 Å². The van der Waals surface area contributed by atoms with Crippen LogP contribution in [0.1, 0.15) is 18.5 Å². The van der Waals surface area contributed by atoms with Gasteiger partial charge < -0.3 is 5.32 Å². The zero-order chi connectivity index (χ0) is 19.5. The minimum Gasteiger partial charge on any atom is -0.348 e. The Morgan fingerprint density at radius 2 is 1.65 bits per heavy atom. The number of nitrogens with zero attached hydrogens (tertiary/aromatic N) is 1. The van der Waals surface area contributed by atoms with Gasteiger partial charge in [-0.1, -0.05) is 65.1 Å². The van der Waals surface area contributed by atoms with Crippen LogP contribution < -0.4 is 9.62 Å². The molecule has 0 saturated carbocycles. The van der Waals surface area contributed by atoms with Gasteiger partial charge in [0.15, 0.2) is 0 Å². The average Bonchev–Trinajstić information content (AvgIpc) is 2.56. The molecule has 0 heterocycles. The molecule has 0 unspecified atom stereocenters. The third-order valence-electron chi connectivity index (χ3n) is 3.62. The van der Waals surface area contributed by atoms with Crippen LogP contribution in [0.5, 0.6) is 0 Å². The molecular weight excluding hydrogens is 419 g/mol. The highest BCUT2D eigenvalue weighted by atomic mass is 35.5. The number of nitrogens with one attached hydrogen (secondary N) is 1. The van der Waals surface area contributed by atoms with Crippen LogP contribution in [0, 0.1) is 0 Å². The number of halogens is 3. The SMILES string of the molecule is C[C@H](NC(=O)CN(c1cc(Cl)c(Cl)cc1Cl)S(C)(=O)=O)c1ccccc1. The Bertz CT molecular complexity index is 905. The first-order valence-corrected chi connectivity index (χ1v) is 10.5. The number of rotatable bonds is 6. The molecule has 9 heteroatoms. The second kappa shape index (κ2) is 8.48. The summed E-state index contributed by atoms with van der Waals surface area (Å²) in [5, 5.41) is 3.17. The fourth-order valence-corrected chi connectivity index (χ4v) is 3.88. The number of anilines is 1. The molecule has 0 spiro atoms. The molecule has 2 rings (SSSR count). The van der Waals surface area contributed by atoms with Gasteiger partial charge in [0.25, 0.3) is 0 Å². The second-order valence-corrected chi connectivity index (χ2v) is 8.82. The van der Waals surface area contributed by atoms with Gasteiger partial charge in [-0.3, -0.25) is 9.10 Å². The van der Waals surface area contributed by atoms with Gasteiger partial charge >= 0.3 is 0 Å². The summed E-state index contributed by atoms with van der Waals surface area (Å²) >= 11 is 18.0. The van der Waals surface area contributed by atoms with Crippen molar-refractivity contribution >= 4 is 56.4 Å². The van der Waals surface area contributed by atoms with Crippen molar-refractivity contribution in [1.82, 2.24) is 5.32 Å². The third kappa shape index (κ3) is 5.27. The van der Waals surface area contributed by atoms with E-state index in [-0.39, 0.29) is 26.8 Å². The number of hydrogen-bond donors (Lipinski definition) is 1. The zero-order valence-electron chi connectivity index (χ0n) is 14.0. The smallest absolute Gasteiger partial charge is 0.241 e. The lowest BCUT2D eigenvalue weighted by Gasteiger charge is -2.24. The normalized spacial score (nSPS) is 12.5. The molecular formula is C17H17Cl3N2O3S. The van der Waals surface area contributed by atoms with Crippen LogP contribution in [-0.4, -0.2) is 27.1 Å². The van der Waals surface area contributed by atoms with Crippen LogP contribution >= 0.6 is 34.8 Å². The quantitative estimate of drug-likeness (QED) is 0.688. The van der Waals surface area contributed by atoms with Crippen molar-refractivity contribution in [1.29, 1.82) is 0 Å². The Hall–Kier alpha value is -1.47. The molecule has 0 aliphatic heterocycles. The predicted molar refractivity (Wildman–Crippen MR) is 107 cm³/mol. The first kappa shape index (κ1) is 20.8. The molecule has 2 aromatic rings. The molecule has 2 aromatic carbocycles. The lowest BCUT2D eigenvalue weighted by molar-refractivity contribution is -0.120. The summed E-state index contributed by atoms with van der Waals surface area (Å²) in [6.07, 6.45) is 0.986. The highest BCUT2D eigenvalue weighted by Crippen LogP contribution is 2.35. The Kier molecular flexibility index (Phi) is 6.80. The number of sulfonamides is 1. The highest BCUT2D eigenvalue weighted by molar-refractivity contribution is 7.92. The summed E-state index contributed by atoms with van der Waals surface area (Å²) in [7, 11) is -3.78. The number of hydrogen-bond acceptors (Lipinski definition) is 3. The largest absolute Gasteiger partial charge is 0.348 e.